The van der Waals surface area contributed by atoms with E-state index >= 15 is 0 Å². The summed E-state index contributed by atoms with van der Waals surface area (Å²) in [4.78, 5) is 10.7. The fourth-order valence-corrected chi connectivity index (χ4v) is 2.51. The third-order valence-corrected chi connectivity index (χ3v) is 3.78. The maximum Gasteiger partial charge on any atom is 0.241 e. The van der Waals surface area contributed by atoms with Gasteiger partial charge in [-0.25, -0.2) is 4.98 Å². The molecule has 0 unspecified atom stereocenters. The van der Waals surface area contributed by atoms with Gasteiger partial charge in [0.05, 0.1) is 6.61 Å². The van der Waals surface area contributed by atoms with Crippen molar-refractivity contribution < 1.29 is 4.74 Å². The average Bonchev–Trinajstić information content (AvgIpc) is 2.44. The van der Waals surface area contributed by atoms with Crippen LogP contribution in [0.4, 0.5) is 5.69 Å². The van der Waals surface area contributed by atoms with Crippen molar-refractivity contribution in [1.82, 2.24) is 14.9 Å². The van der Waals surface area contributed by atoms with Crippen molar-refractivity contribution in [3.8, 4) is 5.88 Å². The number of rotatable bonds is 9. The first-order chi connectivity index (χ1) is 9.22. The summed E-state index contributed by atoms with van der Waals surface area (Å²) in [7, 11) is 0. The fraction of sp³-hybridized carbons (Fsp3) is 0.692. The molecule has 0 aromatic carbocycles. The van der Waals surface area contributed by atoms with Crippen molar-refractivity contribution in [2.75, 3.05) is 37.7 Å². The van der Waals surface area contributed by atoms with Crippen LogP contribution in [0.3, 0.4) is 0 Å². The second-order valence-corrected chi connectivity index (χ2v) is 5.21. The van der Waals surface area contributed by atoms with E-state index in [0.29, 0.717) is 18.2 Å². The number of hydrogen-bond donors (Lipinski definition) is 1. The number of nitrogens with zero attached hydrogens (tertiary/aromatic N) is 3. The van der Waals surface area contributed by atoms with Gasteiger partial charge in [-0.15, -0.1) is 11.8 Å². The number of hydrogen-bond acceptors (Lipinski definition) is 6. The molecular formula is C13H24N4OS. The maximum atomic E-state index is 6.02. The SMILES string of the molecule is CCCOc1ncnc(SCCN(CC)CC)c1N. The Kier molecular flexibility index (Phi) is 7.59. The first-order valence-electron chi connectivity index (χ1n) is 6.81. The number of aromatic nitrogens is 2. The highest BCUT2D eigenvalue weighted by Gasteiger charge is 2.10. The summed E-state index contributed by atoms with van der Waals surface area (Å²) in [6, 6.07) is 0. The zero-order valence-corrected chi connectivity index (χ0v) is 12.9. The van der Waals surface area contributed by atoms with E-state index in [1.807, 2.05) is 0 Å². The number of thioether (sulfide) groups is 1. The molecule has 1 aromatic heterocycles. The standard InChI is InChI=1S/C13H24N4OS/c1-4-8-18-12-11(14)13(16-10-15-12)19-9-7-17(5-2)6-3/h10H,4-9,14H2,1-3H3. The van der Waals surface area contributed by atoms with E-state index in [1.54, 1.807) is 11.8 Å². The summed E-state index contributed by atoms with van der Waals surface area (Å²) in [6.07, 6.45) is 2.45. The van der Waals surface area contributed by atoms with E-state index in [1.165, 1.54) is 6.33 Å². The van der Waals surface area contributed by atoms with Gasteiger partial charge in [0.2, 0.25) is 5.88 Å². The van der Waals surface area contributed by atoms with Crippen molar-refractivity contribution in [1.29, 1.82) is 0 Å². The van der Waals surface area contributed by atoms with Crippen LogP contribution in [-0.4, -0.2) is 46.9 Å². The van der Waals surface area contributed by atoms with Crippen LogP contribution in [0, 0.1) is 0 Å². The molecule has 2 N–H and O–H groups in total. The highest BCUT2D eigenvalue weighted by atomic mass is 32.2. The molecule has 0 atom stereocenters. The first-order valence-corrected chi connectivity index (χ1v) is 7.79. The highest BCUT2D eigenvalue weighted by molar-refractivity contribution is 7.99. The van der Waals surface area contributed by atoms with Crippen LogP contribution in [0.5, 0.6) is 5.88 Å². The molecule has 0 spiro atoms. The molecule has 0 saturated carbocycles. The van der Waals surface area contributed by atoms with Crippen LogP contribution in [0.1, 0.15) is 27.2 Å². The smallest absolute Gasteiger partial charge is 0.241 e. The van der Waals surface area contributed by atoms with E-state index in [2.05, 4.69) is 35.6 Å². The Bertz CT molecular complexity index is 372. The highest BCUT2D eigenvalue weighted by Crippen LogP contribution is 2.28. The molecule has 0 radical (unpaired) electrons. The average molecular weight is 284 g/mol. The lowest BCUT2D eigenvalue weighted by Gasteiger charge is -2.17. The molecule has 5 nitrogen and oxygen atoms in total. The molecule has 0 amide bonds. The minimum absolute atomic E-state index is 0.502. The molecule has 19 heavy (non-hydrogen) atoms. The van der Waals surface area contributed by atoms with Crippen molar-refractivity contribution in [2.24, 2.45) is 0 Å². The number of nitrogen functional groups attached to an aromatic ring is 1. The van der Waals surface area contributed by atoms with E-state index in [9.17, 15) is 0 Å². The molecule has 108 valence electrons. The first kappa shape index (κ1) is 16.0. The normalized spacial score (nSPS) is 10.9. The summed E-state index contributed by atoms with van der Waals surface area (Å²) in [5.74, 6) is 1.47. The molecule has 0 fully saturated rings. The molecular weight excluding hydrogens is 260 g/mol. The summed E-state index contributed by atoms with van der Waals surface area (Å²) in [5, 5.41) is 0.813. The molecule has 0 aliphatic rings. The monoisotopic (exact) mass is 284 g/mol. The van der Waals surface area contributed by atoms with E-state index in [4.69, 9.17) is 10.5 Å². The Labute approximate surface area is 119 Å². The molecule has 0 bridgehead atoms. The maximum absolute atomic E-state index is 6.02. The Balaban J connectivity index is 2.53. The molecule has 1 heterocycles. The number of nitrogens with two attached hydrogens (primary N) is 1. The third kappa shape index (κ3) is 5.24. The van der Waals surface area contributed by atoms with E-state index < -0.39 is 0 Å². The van der Waals surface area contributed by atoms with Gasteiger partial charge in [0, 0.05) is 12.3 Å². The van der Waals surface area contributed by atoms with E-state index in [0.717, 1.165) is 36.8 Å². The van der Waals surface area contributed by atoms with Gasteiger partial charge in [0.25, 0.3) is 0 Å². The van der Waals surface area contributed by atoms with Gasteiger partial charge >= 0.3 is 0 Å². The van der Waals surface area contributed by atoms with Gasteiger partial charge in [-0.3, -0.25) is 0 Å². The quantitative estimate of drug-likeness (QED) is 0.554. The van der Waals surface area contributed by atoms with Crippen LogP contribution in [0.15, 0.2) is 11.4 Å². The molecule has 0 aliphatic heterocycles. The minimum atomic E-state index is 0.502. The topological polar surface area (TPSA) is 64.3 Å². The lowest BCUT2D eigenvalue weighted by atomic mass is 10.5. The lowest BCUT2D eigenvalue weighted by molar-refractivity contribution is 0.305. The lowest BCUT2D eigenvalue weighted by Crippen LogP contribution is -2.25. The Morgan fingerprint density at radius 3 is 2.63 bits per heavy atom. The van der Waals surface area contributed by atoms with Gasteiger partial charge < -0.3 is 15.4 Å². The van der Waals surface area contributed by atoms with Crippen LogP contribution in [0.25, 0.3) is 0 Å². The number of anilines is 1. The second-order valence-electron chi connectivity index (χ2n) is 4.12. The Hall–Kier alpha value is -1.01. The summed E-state index contributed by atoms with van der Waals surface area (Å²) in [5.41, 5.74) is 6.58. The number of ether oxygens (including phenoxy) is 1. The molecule has 0 saturated heterocycles. The summed E-state index contributed by atoms with van der Waals surface area (Å²) in [6.45, 7) is 10.2. The zero-order valence-electron chi connectivity index (χ0n) is 12.1. The van der Waals surface area contributed by atoms with Crippen molar-refractivity contribution in [2.45, 2.75) is 32.2 Å². The van der Waals surface area contributed by atoms with Gasteiger partial charge in [-0.1, -0.05) is 20.8 Å². The van der Waals surface area contributed by atoms with Gasteiger partial charge in [-0.05, 0) is 19.5 Å². The van der Waals surface area contributed by atoms with E-state index in [-0.39, 0.29) is 0 Å². The van der Waals surface area contributed by atoms with Crippen LogP contribution in [-0.2, 0) is 0 Å². The van der Waals surface area contributed by atoms with Crippen LogP contribution in [0.2, 0.25) is 0 Å². The summed E-state index contributed by atoms with van der Waals surface area (Å²) >= 11 is 1.66. The van der Waals surface area contributed by atoms with Gasteiger partial charge in [-0.2, -0.15) is 4.98 Å². The molecule has 0 aliphatic carbocycles. The van der Waals surface area contributed by atoms with Crippen LogP contribution >= 0.6 is 11.8 Å². The third-order valence-electron chi connectivity index (χ3n) is 2.79. The Morgan fingerprint density at radius 1 is 1.26 bits per heavy atom. The zero-order chi connectivity index (χ0) is 14.1. The predicted octanol–water partition coefficient (Wildman–Crippen LogP) is 2.28. The van der Waals surface area contributed by atoms with Crippen molar-refractivity contribution in [3.05, 3.63) is 6.33 Å². The Morgan fingerprint density at radius 2 is 2.00 bits per heavy atom. The minimum Gasteiger partial charge on any atom is -0.476 e. The van der Waals surface area contributed by atoms with Crippen molar-refractivity contribution >= 4 is 17.4 Å². The molecule has 1 rings (SSSR count). The van der Waals surface area contributed by atoms with Crippen molar-refractivity contribution in [3.63, 3.8) is 0 Å². The largest absolute Gasteiger partial charge is 0.476 e. The second kappa shape index (κ2) is 8.98. The van der Waals surface area contributed by atoms with Crippen LogP contribution < -0.4 is 10.5 Å². The fourth-order valence-electron chi connectivity index (χ4n) is 1.60. The van der Waals surface area contributed by atoms with Gasteiger partial charge in [0.1, 0.15) is 17.0 Å². The summed E-state index contributed by atoms with van der Waals surface area (Å²) < 4.78 is 5.50. The molecule has 6 heteroatoms. The van der Waals surface area contributed by atoms with Gasteiger partial charge in [0.15, 0.2) is 0 Å². The molecule has 1 aromatic rings. The predicted molar refractivity (Wildman–Crippen MR) is 80.7 cm³/mol.